The Morgan fingerprint density at radius 3 is 2.59 bits per heavy atom. The maximum atomic E-state index is 11.7. The molecule has 0 saturated heterocycles. The minimum atomic E-state index is -0.472. The molecule has 0 saturated carbocycles. The number of nitro groups is 1. The van der Waals surface area contributed by atoms with Crippen molar-refractivity contribution in [3.8, 4) is 0 Å². The predicted molar refractivity (Wildman–Crippen MR) is 62.8 cm³/mol. The lowest BCUT2D eigenvalue weighted by atomic mass is 10.0. The molecule has 0 aliphatic heterocycles. The number of carbonyl (C=O) groups is 1. The van der Waals surface area contributed by atoms with E-state index in [2.05, 4.69) is 5.10 Å². The molecular weight excluding hydrogens is 222 g/mol. The second-order valence-electron chi connectivity index (χ2n) is 4.57. The van der Waals surface area contributed by atoms with E-state index in [-0.39, 0.29) is 23.8 Å². The van der Waals surface area contributed by atoms with Gasteiger partial charge in [0.05, 0.1) is 11.3 Å². The molecule has 17 heavy (non-hydrogen) atoms. The Morgan fingerprint density at radius 1 is 1.53 bits per heavy atom. The van der Waals surface area contributed by atoms with Gasteiger partial charge >= 0.3 is 5.69 Å². The van der Waals surface area contributed by atoms with Crippen LogP contribution in [-0.4, -0.2) is 20.5 Å². The molecule has 0 unspecified atom stereocenters. The molecule has 94 valence electrons. The second kappa shape index (κ2) is 5.07. The summed E-state index contributed by atoms with van der Waals surface area (Å²) in [6, 6.07) is 0. The normalized spacial score (nSPS) is 10.9. The van der Waals surface area contributed by atoms with E-state index in [1.165, 1.54) is 4.68 Å². The standard InChI is InChI=1S/C11H17N3O3/c1-7(2)5-9(15)6-10-11(14(16)17)8(3)12-13(10)4/h7H,5-6H2,1-4H3. The first-order valence-electron chi connectivity index (χ1n) is 5.51. The molecule has 0 bridgehead atoms. The Kier molecular flexibility index (Phi) is 3.98. The highest BCUT2D eigenvalue weighted by Crippen LogP contribution is 2.23. The number of carbonyl (C=O) groups excluding carboxylic acids is 1. The molecule has 0 fully saturated rings. The van der Waals surface area contributed by atoms with Gasteiger partial charge in [-0.25, -0.2) is 0 Å². The zero-order valence-corrected chi connectivity index (χ0v) is 10.6. The van der Waals surface area contributed by atoms with Gasteiger partial charge in [0.15, 0.2) is 0 Å². The molecule has 0 amide bonds. The van der Waals surface area contributed by atoms with Gasteiger partial charge < -0.3 is 0 Å². The van der Waals surface area contributed by atoms with Crippen LogP contribution in [0.3, 0.4) is 0 Å². The number of rotatable bonds is 5. The van der Waals surface area contributed by atoms with Crippen LogP contribution < -0.4 is 0 Å². The Balaban J connectivity index is 2.98. The zero-order chi connectivity index (χ0) is 13.2. The van der Waals surface area contributed by atoms with Gasteiger partial charge in [0.1, 0.15) is 17.2 Å². The van der Waals surface area contributed by atoms with E-state index >= 15 is 0 Å². The van der Waals surface area contributed by atoms with Crippen molar-refractivity contribution >= 4 is 11.5 Å². The lowest BCUT2D eigenvalue weighted by Crippen LogP contribution is -2.11. The van der Waals surface area contributed by atoms with Crippen molar-refractivity contribution in [1.29, 1.82) is 0 Å². The van der Waals surface area contributed by atoms with Gasteiger partial charge in [0, 0.05) is 13.5 Å². The Hall–Kier alpha value is -1.72. The molecule has 1 aromatic rings. The fourth-order valence-corrected chi connectivity index (χ4v) is 1.84. The molecular formula is C11H17N3O3. The molecule has 1 rings (SSSR count). The van der Waals surface area contributed by atoms with E-state index < -0.39 is 4.92 Å². The van der Waals surface area contributed by atoms with Gasteiger partial charge in [-0.3, -0.25) is 19.6 Å². The first-order chi connectivity index (χ1) is 7.82. The van der Waals surface area contributed by atoms with Crippen molar-refractivity contribution in [3.05, 3.63) is 21.5 Å². The molecule has 0 aliphatic carbocycles. The van der Waals surface area contributed by atoms with Crippen LogP contribution in [0.1, 0.15) is 31.7 Å². The number of ketones is 1. The maximum Gasteiger partial charge on any atom is 0.313 e. The molecule has 6 heteroatoms. The van der Waals surface area contributed by atoms with Gasteiger partial charge in [-0.05, 0) is 12.8 Å². The number of aromatic nitrogens is 2. The summed E-state index contributed by atoms with van der Waals surface area (Å²) in [5, 5.41) is 14.9. The van der Waals surface area contributed by atoms with Gasteiger partial charge in [0.25, 0.3) is 0 Å². The topological polar surface area (TPSA) is 78.0 Å². The quantitative estimate of drug-likeness (QED) is 0.579. The Morgan fingerprint density at radius 2 is 2.12 bits per heavy atom. The van der Waals surface area contributed by atoms with Crippen molar-refractivity contribution in [1.82, 2.24) is 9.78 Å². The first kappa shape index (κ1) is 13.3. The second-order valence-corrected chi connectivity index (χ2v) is 4.57. The van der Waals surface area contributed by atoms with Crippen LogP contribution in [0.4, 0.5) is 5.69 Å². The summed E-state index contributed by atoms with van der Waals surface area (Å²) >= 11 is 0. The smallest absolute Gasteiger partial charge is 0.299 e. The summed E-state index contributed by atoms with van der Waals surface area (Å²) in [5.41, 5.74) is 0.701. The van der Waals surface area contributed by atoms with Crippen LogP contribution in [-0.2, 0) is 18.3 Å². The molecule has 6 nitrogen and oxygen atoms in total. The number of aryl methyl sites for hydroxylation is 2. The fraction of sp³-hybridized carbons (Fsp3) is 0.636. The summed E-state index contributed by atoms with van der Waals surface area (Å²) in [6.07, 6.45) is 0.507. The highest BCUT2D eigenvalue weighted by atomic mass is 16.6. The van der Waals surface area contributed by atoms with Crippen molar-refractivity contribution in [2.45, 2.75) is 33.6 Å². The third-order valence-corrected chi connectivity index (χ3v) is 2.49. The van der Waals surface area contributed by atoms with Crippen LogP contribution in [0.5, 0.6) is 0 Å². The van der Waals surface area contributed by atoms with Crippen LogP contribution in [0.15, 0.2) is 0 Å². The van der Waals surface area contributed by atoms with Crippen LogP contribution in [0.2, 0.25) is 0 Å². The van der Waals surface area contributed by atoms with E-state index in [0.717, 1.165) is 0 Å². The molecule has 0 radical (unpaired) electrons. The highest BCUT2D eigenvalue weighted by molar-refractivity contribution is 5.81. The summed E-state index contributed by atoms with van der Waals surface area (Å²) in [6.45, 7) is 5.47. The molecule has 0 spiro atoms. The van der Waals surface area contributed by atoms with Gasteiger partial charge in [-0.1, -0.05) is 13.8 Å². The average Bonchev–Trinajstić information content (AvgIpc) is 2.39. The minimum absolute atomic E-state index is 0.00565. The van der Waals surface area contributed by atoms with E-state index in [4.69, 9.17) is 0 Å². The van der Waals surface area contributed by atoms with Gasteiger partial charge in [-0.15, -0.1) is 0 Å². The van der Waals surface area contributed by atoms with E-state index in [9.17, 15) is 14.9 Å². The largest absolute Gasteiger partial charge is 0.313 e. The predicted octanol–water partition coefficient (Wildman–Crippen LogP) is 1.79. The SMILES string of the molecule is Cc1nn(C)c(CC(=O)CC(C)C)c1[N+](=O)[O-]. The molecule has 1 heterocycles. The van der Waals surface area contributed by atoms with Crippen LogP contribution in [0.25, 0.3) is 0 Å². The Bertz CT molecular complexity index is 449. The minimum Gasteiger partial charge on any atom is -0.299 e. The first-order valence-corrected chi connectivity index (χ1v) is 5.51. The molecule has 0 atom stereocenters. The van der Waals surface area contributed by atoms with E-state index in [1.54, 1.807) is 14.0 Å². The maximum absolute atomic E-state index is 11.7. The summed E-state index contributed by atoms with van der Waals surface area (Å²) in [5.74, 6) is 0.266. The third kappa shape index (κ3) is 3.12. The monoisotopic (exact) mass is 239 g/mol. The number of nitrogens with zero attached hydrogens (tertiary/aromatic N) is 3. The number of hydrogen-bond acceptors (Lipinski definition) is 4. The average molecular weight is 239 g/mol. The van der Waals surface area contributed by atoms with Gasteiger partial charge in [-0.2, -0.15) is 5.10 Å². The molecule has 0 aliphatic rings. The summed E-state index contributed by atoms with van der Waals surface area (Å²) in [4.78, 5) is 22.1. The zero-order valence-electron chi connectivity index (χ0n) is 10.6. The van der Waals surface area contributed by atoms with Crippen molar-refractivity contribution in [3.63, 3.8) is 0 Å². The lowest BCUT2D eigenvalue weighted by molar-refractivity contribution is -0.386. The van der Waals surface area contributed by atoms with E-state index in [0.29, 0.717) is 17.8 Å². The third-order valence-electron chi connectivity index (χ3n) is 2.49. The lowest BCUT2D eigenvalue weighted by Gasteiger charge is -2.04. The highest BCUT2D eigenvalue weighted by Gasteiger charge is 2.25. The van der Waals surface area contributed by atoms with Crippen molar-refractivity contribution < 1.29 is 9.72 Å². The number of hydrogen-bond donors (Lipinski definition) is 0. The van der Waals surface area contributed by atoms with Crippen LogP contribution in [0, 0.1) is 23.0 Å². The van der Waals surface area contributed by atoms with E-state index in [1.807, 2.05) is 13.8 Å². The molecule has 0 N–H and O–H groups in total. The van der Waals surface area contributed by atoms with Crippen LogP contribution >= 0.6 is 0 Å². The molecule has 0 aromatic carbocycles. The van der Waals surface area contributed by atoms with Crippen molar-refractivity contribution in [2.75, 3.05) is 0 Å². The fourth-order valence-electron chi connectivity index (χ4n) is 1.84. The number of Topliss-reactive ketones (excluding diaryl/α,β-unsaturated/α-hetero) is 1. The summed E-state index contributed by atoms with van der Waals surface area (Å²) in [7, 11) is 1.62. The van der Waals surface area contributed by atoms with Crippen molar-refractivity contribution in [2.24, 2.45) is 13.0 Å². The summed E-state index contributed by atoms with van der Waals surface area (Å²) < 4.78 is 1.42. The Labute approximate surface area is 99.8 Å². The van der Waals surface area contributed by atoms with Gasteiger partial charge in [0.2, 0.25) is 0 Å². The molecule has 1 aromatic heterocycles.